The maximum atomic E-state index is 15.3. The second-order valence-corrected chi connectivity index (χ2v) is 8.87. The summed E-state index contributed by atoms with van der Waals surface area (Å²) in [6.45, 7) is 2.22. The molecule has 3 atom stereocenters. The van der Waals surface area contributed by atoms with Gasteiger partial charge in [-0.25, -0.2) is 8.78 Å². The van der Waals surface area contributed by atoms with Crippen molar-refractivity contribution in [3.05, 3.63) is 71.7 Å². The second kappa shape index (κ2) is 11.4. The molecule has 0 bridgehead atoms. The summed E-state index contributed by atoms with van der Waals surface area (Å²) in [6.07, 6.45) is 2.55. The van der Waals surface area contributed by atoms with E-state index in [9.17, 15) is 9.50 Å². The molecule has 178 valence electrons. The number of rotatable bonds is 7. The third kappa shape index (κ3) is 5.91. The highest BCUT2D eigenvalue weighted by molar-refractivity contribution is 5.83. The van der Waals surface area contributed by atoms with E-state index in [-0.39, 0.29) is 24.3 Å². The van der Waals surface area contributed by atoms with Gasteiger partial charge in [0.25, 0.3) is 0 Å². The molecule has 34 heavy (non-hydrogen) atoms. The molecule has 6 heteroatoms. The van der Waals surface area contributed by atoms with Gasteiger partial charge in [0.15, 0.2) is 0 Å². The first-order chi connectivity index (χ1) is 16.6. The molecule has 0 amide bonds. The average Bonchev–Trinajstić information content (AvgIpc) is 2.87. The molecule has 1 saturated heterocycles. The predicted molar refractivity (Wildman–Crippen MR) is 130 cm³/mol. The van der Waals surface area contributed by atoms with Crippen LogP contribution < -0.4 is 4.74 Å². The standard InChI is InChI=1S/C28H30F2N2O2/c1-34-24-8-10-28-26(17-24)25(11-13-31-28)27(30)9-7-21-12-15-32(18-22(21)19-33)14-3-5-20-4-2-6-23(29)16-20/h2,4,6,8,10-11,13,16-17,21-22,27,33H,7,9,12,14-15,18-19H2,1H3/t21-,22-,27?/m1/s1. The maximum absolute atomic E-state index is 15.3. The number of benzene rings is 2. The SMILES string of the molecule is COc1ccc2nccc(C(F)CC[C@@H]3CCN(CC#Cc4cccc(F)c4)C[C@@H]3CO)c2c1. The number of likely N-dealkylation sites (tertiary alicyclic amines) is 1. The van der Waals surface area contributed by atoms with E-state index >= 15 is 4.39 Å². The van der Waals surface area contributed by atoms with Gasteiger partial charge in [-0.2, -0.15) is 0 Å². The average molecular weight is 465 g/mol. The topological polar surface area (TPSA) is 45.6 Å². The summed E-state index contributed by atoms with van der Waals surface area (Å²) in [6, 6.07) is 13.5. The number of aliphatic hydroxyl groups is 1. The number of aromatic nitrogens is 1. The minimum Gasteiger partial charge on any atom is -0.497 e. The third-order valence-corrected chi connectivity index (χ3v) is 6.68. The van der Waals surface area contributed by atoms with Crippen LogP contribution in [0.4, 0.5) is 8.78 Å². The summed E-state index contributed by atoms with van der Waals surface area (Å²) in [5.74, 6) is 6.85. The summed E-state index contributed by atoms with van der Waals surface area (Å²) in [5.41, 5.74) is 2.04. The molecule has 0 radical (unpaired) electrons. The largest absolute Gasteiger partial charge is 0.497 e. The van der Waals surface area contributed by atoms with Crippen LogP contribution in [0, 0.1) is 29.5 Å². The van der Waals surface area contributed by atoms with Crippen molar-refractivity contribution in [2.45, 2.75) is 25.4 Å². The van der Waals surface area contributed by atoms with Crippen molar-refractivity contribution in [2.75, 3.05) is 33.4 Å². The van der Waals surface area contributed by atoms with Crippen molar-refractivity contribution in [1.82, 2.24) is 9.88 Å². The quantitative estimate of drug-likeness (QED) is 0.491. The van der Waals surface area contributed by atoms with Gasteiger partial charge in [-0.1, -0.05) is 17.9 Å². The molecule has 1 aliphatic heterocycles. The van der Waals surface area contributed by atoms with Crippen LogP contribution in [0.25, 0.3) is 10.9 Å². The van der Waals surface area contributed by atoms with Crippen LogP contribution in [0.3, 0.4) is 0 Å². The lowest BCUT2D eigenvalue weighted by atomic mass is 9.81. The van der Waals surface area contributed by atoms with Crippen LogP contribution >= 0.6 is 0 Å². The molecule has 2 aromatic carbocycles. The number of pyridine rings is 1. The van der Waals surface area contributed by atoms with Crippen LogP contribution in [0.5, 0.6) is 5.75 Å². The first-order valence-electron chi connectivity index (χ1n) is 11.7. The van der Waals surface area contributed by atoms with Gasteiger partial charge in [0.05, 0.1) is 19.2 Å². The monoisotopic (exact) mass is 464 g/mol. The van der Waals surface area contributed by atoms with E-state index in [2.05, 4.69) is 21.7 Å². The molecule has 3 aromatic rings. The minimum absolute atomic E-state index is 0.0742. The first-order valence-corrected chi connectivity index (χ1v) is 11.7. The summed E-state index contributed by atoms with van der Waals surface area (Å²) < 4.78 is 33.9. The zero-order valence-corrected chi connectivity index (χ0v) is 19.4. The smallest absolute Gasteiger partial charge is 0.126 e. The van der Waals surface area contributed by atoms with Crippen molar-refractivity contribution in [3.8, 4) is 17.6 Å². The number of methoxy groups -OCH3 is 1. The van der Waals surface area contributed by atoms with Crippen molar-refractivity contribution < 1.29 is 18.6 Å². The Labute approximate surface area is 199 Å². The molecule has 0 saturated carbocycles. The molecule has 1 aliphatic rings. The van der Waals surface area contributed by atoms with Gasteiger partial charge in [-0.15, -0.1) is 0 Å². The minimum atomic E-state index is -1.10. The number of hydrogen-bond acceptors (Lipinski definition) is 4. The lowest BCUT2D eigenvalue weighted by molar-refractivity contribution is 0.0708. The fraction of sp³-hybridized carbons (Fsp3) is 0.393. The Morgan fingerprint density at radius 3 is 2.88 bits per heavy atom. The van der Waals surface area contributed by atoms with Gasteiger partial charge in [0.1, 0.15) is 17.7 Å². The van der Waals surface area contributed by atoms with Gasteiger partial charge in [-0.05, 0) is 85.7 Å². The van der Waals surface area contributed by atoms with E-state index < -0.39 is 6.17 Å². The highest BCUT2D eigenvalue weighted by Gasteiger charge is 2.29. The summed E-state index contributed by atoms with van der Waals surface area (Å²) >= 11 is 0. The van der Waals surface area contributed by atoms with Crippen molar-refractivity contribution in [2.24, 2.45) is 11.8 Å². The number of aliphatic hydroxyl groups excluding tert-OH is 1. The van der Waals surface area contributed by atoms with Gasteiger partial charge in [-0.3, -0.25) is 9.88 Å². The lowest BCUT2D eigenvalue weighted by Crippen LogP contribution is -2.42. The summed E-state index contributed by atoms with van der Waals surface area (Å²) in [4.78, 5) is 6.55. The molecule has 1 fully saturated rings. The zero-order valence-electron chi connectivity index (χ0n) is 19.4. The molecular weight excluding hydrogens is 434 g/mol. The van der Waals surface area contributed by atoms with E-state index in [1.165, 1.54) is 12.1 Å². The third-order valence-electron chi connectivity index (χ3n) is 6.68. The number of halogens is 2. The summed E-state index contributed by atoms with van der Waals surface area (Å²) in [5, 5.41) is 10.8. The zero-order chi connectivity index (χ0) is 23.9. The molecule has 0 spiro atoms. The number of fused-ring (bicyclic) bond motifs is 1. The second-order valence-electron chi connectivity index (χ2n) is 8.87. The van der Waals surface area contributed by atoms with Crippen LogP contribution in [-0.4, -0.2) is 48.3 Å². The number of alkyl halides is 1. The molecule has 1 N–H and O–H groups in total. The Kier molecular flexibility index (Phi) is 8.10. The number of hydrogen-bond donors (Lipinski definition) is 1. The fourth-order valence-corrected chi connectivity index (χ4v) is 4.77. The lowest BCUT2D eigenvalue weighted by Gasteiger charge is -2.37. The molecule has 1 unspecified atom stereocenters. The molecule has 4 rings (SSSR count). The Balaban J connectivity index is 1.34. The Hall–Kier alpha value is -3.01. The van der Waals surface area contributed by atoms with E-state index in [1.807, 2.05) is 18.2 Å². The normalized spacial score (nSPS) is 19.4. The fourth-order valence-electron chi connectivity index (χ4n) is 4.77. The number of ether oxygens (including phenoxy) is 1. The Bertz CT molecular complexity index is 1170. The van der Waals surface area contributed by atoms with Crippen LogP contribution in [0.1, 0.15) is 36.6 Å². The molecular formula is C28H30F2N2O2. The van der Waals surface area contributed by atoms with Gasteiger partial charge >= 0.3 is 0 Å². The highest BCUT2D eigenvalue weighted by atomic mass is 19.1. The van der Waals surface area contributed by atoms with Crippen molar-refractivity contribution in [1.29, 1.82) is 0 Å². The molecule has 4 nitrogen and oxygen atoms in total. The van der Waals surface area contributed by atoms with E-state index in [4.69, 9.17) is 4.74 Å². The van der Waals surface area contributed by atoms with E-state index in [0.29, 0.717) is 36.3 Å². The van der Waals surface area contributed by atoms with Crippen LogP contribution in [0.15, 0.2) is 54.7 Å². The first kappa shape index (κ1) is 24.1. The van der Waals surface area contributed by atoms with Crippen LogP contribution in [-0.2, 0) is 0 Å². The molecule has 0 aliphatic carbocycles. The van der Waals surface area contributed by atoms with E-state index in [1.54, 1.807) is 31.5 Å². The molecule has 1 aromatic heterocycles. The van der Waals surface area contributed by atoms with Crippen LogP contribution in [0.2, 0.25) is 0 Å². The number of nitrogens with zero attached hydrogens (tertiary/aromatic N) is 2. The van der Waals surface area contributed by atoms with E-state index in [0.717, 1.165) is 30.4 Å². The predicted octanol–water partition coefficient (Wildman–Crippen LogP) is 5.16. The van der Waals surface area contributed by atoms with Crippen molar-refractivity contribution in [3.63, 3.8) is 0 Å². The van der Waals surface area contributed by atoms with Crippen molar-refractivity contribution >= 4 is 10.9 Å². The maximum Gasteiger partial charge on any atom is 0.126 e. The molecule has 2 heterocycles. The Morgan fingerprint density at radius 1 is 1.21 bits per heavy atom. The summed E-state index contributed by atoms with van der Waals surface area (Å²) in [7, 11) is 1.60. The van der Waals surface area contributed by atoms with Gasteiger partial charge in [0, 0.05) is 30.3 Å². The highest BCUT2D eigenvalue weighted by Crippen LogP contribution is 2.35. The number of piperidine rings is 1. The Morgan fingerprint density at radius 2 is 2.09 bits per heavy atom. The van der Waals surface area contributed by atoms with Gasteiger partial charge in [0.2, 0.25) is 0 Å². The van der Waals surface area contributed by atoms with Gasteiger partial charge < -0.3 is 9.84 Å².